The van der Waals surface area contributed by atoms with Crippen LogP contribution in [0, 0.1) is 0 Å². The van der Waals surface area contributed by atoms with Crippen LogP contribution < -0.4 is 5.73 Å². The monoisotopic (exact) mass is 321 g/mol. The number of aromatic nitrogens is 2. The highest BCUT2D eigenvalue weighted by molar-refractivity contribution is 6.30. The van der Waals surface area contributed by atoms with Crippen molar-refractivity contribution in [1.82, 2.24) is 9.38 Å². The van der Waals surface area contributed by atoms with Crippen LogP contribution in [0.3, 0.4) is 0 Å². The van der Waals surface area contributed by atoms with Gasteiger partial charge >= 0.3 is 0 Å². The normalized spacial score (nSPS) is 11.4. The number of hydrogen-bond acceptors (Lipinski definition) is 2. The molecule has 4 aromatic rings. The standard InChI is InChI=1S/C19H16ClN3/c20-16-7-8-18-22-17(9-10-21)19(23(18)12-16)15-6-5-13-3-1-2-4-14(13)11-15/h1-8,11-12H,9-10,21H2. The quantitative estimate of drug-likeness (QED) is 0.611. The summed E-state index contributed by atoms with van der Waals surface area (Å²) in [5.41, 5.74) is 9.86. The minimum absolute atomic E-state index is 0.568. The van der Waals surface area contributed by atoms with Gasteiger partial charge in [-0.05, 0) is 35.5 Å². The van der Waals surface area contributed by atoms with Gasteiger partial charge in [-0.3, -0.25) is 4.40 Å². The first-order chi connectivity index (χ1) is 11.3. The molecule has 0 aliphatic heterocycles. The van der Waals surface area contributed by atoms with E-state index in [1.165, 1.54) is 10.8 Å². The lowest BCUT2D eigenvalue weighted by atomic mass is 10.0. The van der Waals surface area contributed by atoms with Crippen LogP contribution in [0.2, 0.25) is 5.02 Å². The number of hydrogen-bond donors (Lipinski definition) is 1. The van der Waals surface area contributed by atoms with Gasteiger partial charge in [-0.1, -0.05) is 48.0 Å². The third-order valence-corrected chi connectivity index (χ3v) is 4.28. The Morgan fingerprint density at radius 3 is 2.65 bits per heavy atom. The number of rotatable bonds is 3. The van der Waals surface area contributed by atoms with Gasteiger partial charge in [-0.15, -0.1) is 0 Å². The van der Waals surface area contributed by atoms with E-state index in [1.54, 1.807) is 0 Å². The van der Waals surface area contributed by atoms with Gasteiger partial charge < -0.3 is 5.73 Å². The van der Waals surface area contributed by atoms with Crippen molar-refractivity contribution in [1.29, 1.82) is 0 Å². The predicted molar refractivity (Wildman–Crippen MR) is 95.9 cm³/mol. The first-order valence-electron chi connectivity index (χ1n) is 7.62. The maximum absolute atomic E-state index is 6.19. The summed E-state index contributed by atoms with van der Waals surface area (Å²) in [5.74, 6) is 0. The predicted octanol–water partition coefficient (Wildman–Crippen LogP) is 4.31. The van der Waals surface area contributed by atoms with E-state index in [9.17, 15) is 0 Å². The van der Waals surface area contributed by atoms with E-state index in [2.05, 4.69) is 46.9 Å². The van der Waals surface area contributed by atoms with Crippen molar-refractivity contribution >= 4 is 28.0 Å². The maximum atomic E-state index is 6.19. The van der Waals surface area contributed by atoms with Crippen LogP contribution in [0.25, 0.3) is 27.7 Å². The molecule has 4 heteroatoms. The first kappa shape index (κ1) is 14.2. The molecule has 3 nitrogen and oxygen atoms in total. The van der Waals surface area contributed by atoms with E-state index in [0.29, 0.717) is 11.6 Å². The molecule has 0 bridgehead atoms. The Kier molecular flexibility index (Phi) is 3.52. The van der Waals surface area contributed by atoms with Crippen LogP contribution in [0.5, 0.6) is 0 Å². The number of halogens is 1. The zero-order chi connectivity index (χ0) is 15.8. The SMILES string of the molecule is NCCc1nc2ccc(Cl)cn2c1-c1ccc2ccccc2c1. The molecule has 2 aromatic carbocycles. The summed E-state index contributed by atoms with van der Waals surface area (Å²) in [7, 11) is 0. The van der Waals surface area contributed by atoms with Crippen molar-refractivity contribution in [3.63, 3.8) is 0 Å². The van der Waals surface area contributed by atoms with Gasteiger partial charge in [0.25, 0.3) is 0 Å². The molecule has 0 atom stereocenters. The molecule has 2 aromatic heterocycles. The summed E-state index contributed by atoms with van der Waals surface area (Å²) in [4.78, 5) is 4.72. The van der Waals surface area contributed by atoms with Gasteiger partial charge in [0.2, 0.25) is 0 Å². The van der Waals surface area contributed by atoms with Crippen LogP contribution >= 0.6 is 11.6 Å². The number of pyridine rings is 1. The number of benzene rings is 2. The summed E-state index contributed by atoms with van der Waals surface area (Å²) in [6.45, 7) is 0.568. The van der Waals surface area contributed by atoms with E-state index in [0.717, 1.165) is 29.0 Å². The smallest absolute Gasteiger partial charge is 0.137 e. The van der Waals surface area contributed by atoms with Crippen LogP contribution in [0.4, 0.5) is 0 Å². The molecule has 0 aliphatic carbocycles. The molecule has 4 rings (SSSR count). The average Bonchev–Trinajstić information content (AvgIpc) is 2.92. The molecule has 2 heterocycles. The van der Waals surface area contributed by atoms with Crippen LogP contribution in [-0.4, -0.2) is 15.9 Å². The summed E-state index contributed by atoms with van der Waals surface area (Å²) >= 11 is 6.19. The molecule has 0 amide bonds. The molecule has 0 saturated carbocycles. The molecular weight excluding hydrogens is 306 g/mol. The third kappa shape index (κ3) is 2.48. The Hall–Kier alpha value is -2.36. The van der Waals surface area contributed by atoms with Crippen molar-refractivity contribution in [2.45, 2.75) is 6.42 Å². The number of imidazole rings is 1. The second-order valence-electron chi connectivity index (χ2n) is 5.58. The Bertz CT molecular complexity index is 1000. The lowest BCUT2D eigenvalue weighted by Gasteiger charge is -2.07. The Balaban J connectivity index is 2.00. The number of nitrogens with zero attached hydrogens (tertiary/aromatic N) is 2. The van der Waals surface area contributed by atoms with E-state index in [-0.39, 0.29) is 0 Å². The van der Waals surface area contributed by atoms with E-state index < -0.39 is 0 Å². The highest BCUT2D eigenvalue weighted by atomic mass is 35.5. The summed E-state index contributed by atoms with van der Waals surface area (Å²) in [5, 5.41) is 3.13. The molecule has 0 spiro atoms. The van der Waals surface area contributed by atoms with Crippen LogP contribution in [0.1, 0.15) is 5.69 Å². The topological polar surface area (TPSA) is 43.3 Å². The largest absolute Gasteiger partial charge is 0.330 e. The average molecular weight is 322 g/mol. The molecule has 0 saturated heterocycles. The molecule has 23 heavy (non-hydrogen) atoms. The zero-order valence-electron chi connectivity index (χ0n) is 12.5. The van der Waals surface area contributed by atoms with Crippen molar-refractivity contribution in [3.05, 3.63) is 71.5 Å². The fraction of sp³-hybridized carbons (Fsp3) is 0.105. The number of nitrogens with two attached hydrogens (primary N) is 1. The van der Waals surface area contributed by atoms with Gasteiger partial charge in [-0.25, -0.2) is 4.98 Å². The second kappa shape index (κ2) is 5.69. The van der Waals surface area contributed by atoms with Crippen LogP contribution in [0.15, 0.2) is 60.8 Å². The summed E-state index contributed by atoms with van der Waals surface area (Å²) in [6, 6.07) is 18.6. The van der Waals surface area contributed by atoms with Gasteiger partial charge in [-0.2, -0.15) is 0 Å². The van der Waals surface area contributed by atoms with Crippen molar-refractivity contribution < 1.29 is 0 Å². The highest BCUT2D eigenvalue weighted by Gasteiger charge is 2.14. The zero-order valence-corrected chi connectivity index (χ0v) is 13.3. The molecule has 0 radical (unpaired) electrons. The van der Waals surface area contributed by atoms with E-state index in [4.69, 9.17) is 22.3 Å². The highest BCUT2D eigenvalue weighted by Crippen LogP contribution is 2.29. The number of fused-ring (bicyclic) bond motifs is 2. The molecule has 0 fully saturated rings. The van der Waals surface area contributed by atoms with Gasteiger partial charge in [0, 0.05) is 18.2 Å². The summed E-state index contributed by atoms with van der Waals surface area (Å²) in [6.07, 6.45) is 2.65. The second-order valence-corrected chi connectivity index (χ2v) is 6.02. The van der Waals surface area contributed by atoms with Crippen molar-refractivity contribution in [2.75, 3.05) is 6.54 Å². The molecule has 2 N–H and O–H groups in total. The van der Waals surface area contributed by atoms with Gasteiger partial charge in [0.05, 0.1) is 16.4 Å². The fourth-order valence-electron chi connectivity index (χ4n) is 3.02. The van der Waals surface area contributed by atoms with Crippen LogP contribution in [-0.2, 0) is 6.42 Å². The Morgan fingerprint density at radius 2 is 1.83 bits per heavy atom. The first-order valence-corrected chi connectivity index (χ1v) is 8.00. The molecule has 0 aliphatic rings. The van der Waals surface area contributed by atoms with Gasteiger partial charge in [0.1, 0.15) is 5.65 Å². The lowest BCUT2D eigenvalue weighted by Crippen LogP contribution is -2.04. The maximum Gasteiger partial charge on any atom is 0.137 e. The molecule has 114 valence electrons. The summed E-state index contributed by atoms with van der Waals surface area (Å²) < 4.78 is 2.05. The fourth-order valence-corrected chi connectivity index (χ4v) is 3.18. The molecule has 0 unspecified atom stereocenters. The van der Waals surface area contributed by atoms with Crippen molar-refractivity contribution in [3.8, 4) is 11.3 Å². The third-order valence-electron chi connectivity index (χ3n) is 4.06. The molecular formula is C19H16ClN3. The Morgan fingerprint density at radius 1 is 1.00 bits per heavy atom. The minimum atomic E-state index is 0.568. The van der Waals surface area contributed by atoms with E-state index in [1.807, 2.05) is 18.3 Å². The van der Waals surface area contributed by atoms with Gasteiger partial charge in [0.15, 0.2) is 0 Å². The lowest BCUT2D eigenvalue weighted by molar-refractivity contribution is 0.939. The minimum Gasteiger partial charge on any atom is -0.330 e. The Labute approximate surface area is 139 Å². The van der Waals surface area contributed by atoms with E-state index >= 15 is 0 Å². The van der Waals surface area contributed by atoms with Crippen molar-refractivity contribution in [2.24, 2.45) is 5.73 Å².